The van der Waals surface area contributed by atoms with Gasteiger partial charge in [-0.15, -0.1) is 11.6 Å². The highest BCUT2D eigenvalue weighted by Crippen LogP contribution is 2.21. The molecule has 14 heavy (non-hydrogen) atoms. The van der Waals surface area contributed by atoms with Crippen LogP contribution >= 0.6 is 11.6 Å². The summed E-state index contributed by atoms with van der Waals surface area (Å²) in [7, 11) is 0. The molecular formula is C12H18ClN. The molecule has 0 fully saturated rings. The molecule has 0 bridgehead atoms. The second kappa shape index (κ2) is 5.92. The van der Waals surface area contributed by atoms with E-state index >= 15 is 0 Å². The SMILES string of the molecule is CCCc1cccc(C)c1NCCCl. The number of hydrogen-bond donors (Lipinski definition) is 1. The summed E-state index contributed by atoms with van der Waals surface area (Å²) in [4.78, 5) is 0. The van der Waals surface area contributed by atoms with E-state index in [1.807, 2.05) is 0 Å². The second-order valence-electron chi connectivity index (χ2n) is 3.47. The van der Waals surface area contributed by atoms with Gasteiger partial charge in [-0.3, -0.25) is 0 Å². The van der Waals surface area contributed by atoms with Crippen LogP contribution in [-0.2, 0) is 6.42 Å². The van der Waals surface area contributed by atoms with Gasteiger partial charge >= 0.3 is 0 Å². The number of rotatable bonds is 5. The van der Waals surface area contributed by atoms with Gasteiger partial charge in [0, 0.05) is 18.1 Å². The van der Waals surface area contributed by atoms with Crippen molar-refractivity contribution in [1.82, 2.24) is 0 Å². The first-order valence-corrected chi connectivity index (χ1v) is 5.71. The third-order valence-corrected chi connectivity index (χ3v) is 2.46. The molecule has 0 saturated heterocycles. The van der Waals surface area contributed by atoms with Crippen LogP contribution in [0.4, 0.5) is 5.69 Å². The first kappa shape index (κ1) is 11.4. The highest BCUT2D eigenvalue weighted by Gasteiger charge is 2.03. The van der Waals surface area contributed by atoms with E-state index in [1.165, 1.54) is 23.2 Å². The van der Waals surface area contributed by atoms with E-state index in [2.05, 4.69) is 37.4 Å². The van der Waals surface area contributed by atoms with E-state index in [1.54, 1.807) is 0 Å². The van der Waals surface area contributed by atoms with Crippen LogP contribution < -0.4 is 5.32 Å². The first-order chi connectivity index (χ1) is 6.79. The van der Waals surface area contributed by atoms with Gasteiger partial charge in [0.1, 0.15) is 0 Å². The molecule has 0 aliphatic carbocycles. The monoisotopic (exact) mass is 211 g/mol. The van der Waals surface area contributed by atoms with Crippen molar-refractivity contribution in [3.8, 4) is 0 Å². The number of alkyl halides is 1. The lowest BCUT2D eigenvalue weighted by Crippen LogP contribution is -2.06. The summed E-state index contributed by atoms with van der Waals surface area (Å²) in [5, 5.41) is 3.38. The normalized spacial score (nSPS) is 10.2. The fraction of sp³-hybridized carbons (Fsp3) is 0.500. The molecule has 1 N–H and O–H groups in total. The summed E-state index contributed by atoms with van der Waals surface area (Å²) in [5.74, 6) is 0.653. The third-order valence-electron chi connectivity index (χ3n) is 2.27. The van der Waals surface area contributed by atoms with Crippen molar-refractivity contribution >= 4 is 17.3 Å². The topological polar surface area (TPSA) is 12.0 Å². The van der Waals surface area contributed by atoms with Crippen molar-refractivity contribution in [1.29, 1.82) is 0 Å². The van der Waals surface area contributed by atoms with Gasteiger partial charge in [0.2, 0.25) is 0 Å². The zero-order valence-corrected chi connectivity index (χ0v) is 9.69. The van der Waals surface area contributed by atoms with Crippen LogP contribution in [0.1, 0.15) is 24.5 Å². The Morgan fingerprint density at radius 3 is 2.79 bits per heavy atom. The molecule has 1 aromatic carbocycles. The lowest BCUT2D eigenvalue weighted by atomic mass is 10.0. The Hall–Kier alpha value is -0.690. The molecule has 0 radical (unpaired) electrons. The largest absolute Gasteiger partial charge is 0.383 e. The minimum Gasteiger partial charge on any atom is -0.383 e. The maximum absolute atomic E-state index is 5.67. The Balaban J connectivity index is 2.84. The maximum Gasteiger partial charge on any atom is 0.0402 e. The summed E-state index contributed by atoms with van der Waals surface area (Å²) in [6.07, 6.45) is 2.31. The molecule has 0 saturated carbocycles. The first-order valence-electron chi connectivity index (χ1n) is 5.18. The van der Waals surface area contributed by atoms with Gasteiger partial charge in [0.25, 0.3) is 0 Å². The van der Waals surface area contributed by atoms with Gasteiger partial charge in [-0.2, -0.15) is 0 Å². The quantitative estimate of drug-likeness (QED) is 0.734. The van der Waals surface area contributed by atoms with E-state index in [9.17, 15) is 0 Å². The van der Waals surface area contributed by atoms with Crippen LogP contribution in [0, 0.1) is 6.92 Å². The molecule has 0 aliphatic heterocycles. The molecule has 1 nitrogen and oxygen atoms in total. The number of anilines is 1. The van der Waals surface area contributed by atoms with Crippen molar-refractivity contribution in [3.05, 3.63) is 29.3 Å². The van der Waals surface area contributed by atoms with Crippen molar-refractivity contribution in [2.75, 3.05) is 17.7 Å². The predicted molar refractivity (Wildman–Crippen MR) is 64.4 cm³/mol. The smallest absolute Gasteiger partial charge is 0.0402 e. The maximum atomic E-state index is 5.67. The summed E-state index contributed by atoms with van der Waals surface area (Å²) in [6, 6.07) is 6.44. The van der Waals surface area contributed by atoms with Gasteiger partial charge < -0.3 is 5.32 Å². The molecule has 2 heteroatoms. The molecule has 0 amide bonds. The number of benzene rings is 1. The standard InChI is InChI=1S/C12H18ClN/c1-3-5-11-7-4-6-10(2)12(11)14-9-8-13/h4,6-7,14H,3,5,8-9H2,1-2H3. The molecular weight excluding hydrogens is 194 g/mol. The average Bonchev–Trinajstić information content (AvgIpc) is 2.18. The Bertz CT molecular complexity index is 284. The molecule has 0 atom stereocenters. The summed E-state index contributed by atoms with van der Waals surface area (Å²) < 4.78 is 0. The highest BCUT2D eigenvalue weighted by molar-refractivity contribution is 6.18. The highest BCUT2D eigenvalue weighted by atomic mass is 35.5. The minimum absolute atomic E-state index is 0.653. The van der Waals surface area contributed by atoms with Crippen molar-refractivity contribution in [2.45, 2.75) is 26.7 Å². The third kappa shape index (κ3) is 2.91. The Morgan fingerprint density at radius 2 is 2.14 bits per heavy atom. The van der Waals surface area contributed by atoms with Crippen molar-refractivity contribution < 1.29 is 0 Å². The van der Waals surface area contributed by atoms with E-state index in [4.69, 9.17) is 11.6 Å². The van der Waals surface area contributed by atoms with E-state index < -0.39 is 0 Å². The predicted octanol–water partition coefficient (Wildman–Crippen LogP) is 3.60. The molecule has 0 heterocycles. The average molecular weight is 212 g/mol. The van der Waals surface area contributed by atoms with Crippen LogP contribution in [0.3, 0.4) is 0 Å². The second-order valence-corrected chi connectivity index (χ2v) is 3.85. The summed E-state index contributed by atoms with van der Waals surface area (Å²) >= 11 is 5.67. The fourth-order valence-corrected chi connectivity index (χ4v) is 1.73. The molecule has 78 valence electrons. The Labute approximate surface area is 91.5 Å². The van der Waals surface area contributed by atoms with Gasteiger partial charge in [0.15, 0.2) is 0 Å². The number of hydrogen-bond acceptors (Lipinski definition) is 1. The van der Waals surface area contributed by atoms with Crippen LogP contribution in [0.15, 0.2) is 18.2 Å². The van der Waals surface area contributed by atoms with Gasteiger partial charge in [0.05, 0.1) is 0 Å². The van der Waals surface area contributed by atoms with Crippen LogP contribution in [0.25, 0.3) is 0 Å². The van der Waals surface area contributed by atoms with Crippen LogP contribution in [0.2, 0.25) is 0 Å². The lowest BCUT2D eigenvalue weighted by molar-refractivity contribution is 0.919. The van der Waals surface area contributed by atoms with Crippen LogP contribution in [0.5, 0.6) is 0 Å². The minimum atomic E-state index is 0.653. The molecule has 0 aliphatic rings. The number of halogens is 1. The Kier molecular flexibility index (Phi) is 4.81. The molecule has 1 rings (SSSR count). The number of aryl methyl sites for hydroxylation is 2. The van der Waals surface area contributed by atoms with E-state index in [-0.39, 0.29) is 0 Å². The lowest BCUT2D eigenvalue weighted by Gasteiger charge is -2.13. The molecule has 0 aromatic heterocycles. The zero-order chi connectivity index (χ0) is 10.4. The molecule has 1 aromatic rings. The molecule has 0 spiro atoms. The fourth-order valence-electron chi connectivity index (χ4n) is 1.63. The van der Waals surface area contributed by atoms with Crippen LogP contribution in [-0.4, -0.2) is 12.4 Å². The summed E-state index contributed by atoms with van der Waals surface area (Å²) in [5.41, 5.74) is 3.98. The zero-order valence-electron chi connectivity index (χ0n) is 8.94. The van der Waals surface area contributed by atoms with Gasteiger partial charge in [-0.1, -0.05) is 31.5 Å². The van der Waals surface area contributed by atoms with E-state index in [0.717, 1.165) is 13.0 Å². The Morgan fingerprint density at radius 1 is 1.36 bits per heavy atom. The van der Waals surface area contributed by atoms with E-state index in [0.29, 0.717) is 5.88 Å². The van der Waals surface area contributed by atoms with Crippen molar-refractivity contribution in [2.24, 2.45) is 0 Å². The number of nitrogens with one attached hydrogen (secondary N) is 1. The van der Waals surface area contributed by atoms with Crippen molar-refractivity contribution in [3.63, 3.8) is 0 Å². The van der Waals surface area contributed by atoms with Gasteiger partial charge in [-0.05, 0) is 24.5 Å². The summed E-state index contributed by atoms with van der Waals surface area (Å²) in [6.45, 7) is 5.17. The van der Waals surface area contributed by atoms with Gasteiger partial charge in [-0.25, -0.2) is 0 Å². The number of para-hydroxylation sites is 1. The molecule has 0 unspecified atom stereocenters.